The van der Waals surface area contributed by atoms with Crippen LogP contribution in [0.2, 0.25) is 0 Å². The summed E-state index contributed by atoms with van der Waals surface area (Å²) >= 11 is 3.39. The van der Waals surface area contributed by atoms with Gasteiger partial charge in [-0.3, -0.25) is 14.6 Å². The number of amides is 2. The van der Waals surface area contributed by atoms with Gasteiger partial charge in [-0.1, -0.05) is 22.0 Å². The molecule has 22 heavy (non-hydrogen) atoms. The van der Waals surface area contributed by atoms with Gasteiger partial charge in [0.15, 0.2) is 0 Å². The van der Waals surface area contributed by atoms with Crippen LogP contribution in [0.4, 0.5) is 11.4 Å². The van der Waals surface area contributed by atoms with Crippen LogP contribution in [0, 0.1) is 5.92 Å². The molecule has 0 radical (unpaired) electrons. The summed E-state index contributed by atoms with van der Waals surface area (Å²) < 4.78 is 0.905. The maximum atomic E-state index is 12.3. The second-order valence-electron chi connectivity index (χ2n) is 5.11. The third-order valence-electron chi connectivity index (χ3n) is 3.56. The third-order valence-corrected chi connectivity index (χ3v) is 4.06. The van der Waals surface area contributed by atoms with Crippen LogP contribution < -0.4 is 10.2 Å². The number of rotatable bonds is 3. The van der Waals surface area contributed by atoms with Crippen LogP contribution >= 0.6 is 15.9 Å². The fourth-order valence-corrected chi connectivity index (χ4v) is 2.84. The van der Waals surface area contributed by atoms with Crippen molar-refractivity contribution in [1.29, 1.82) is 0 Å². The number of hydrogen-bond donors (Lipinski definition) is 1. The van der Waals surface area contributed by atoms with Crippen molar-refractivity contribution in [3.63, 3.8) is 0 Å². The van der Waals surface area contributed by atoms with Crippen LogP contribution in [0.1, 0.15) is 6.42 Å². The molecule has 0 spiro atoms. The number of carbonyl (C=O) groups excluding carboxylic acids is 2. The molecule has 2 heterocycles. The largest absolute Gasteiger partial charge is 0.326 e. The highest BCUT2D eigenvalue weighted by Gasteiger charge is 2.35. The summed E-state index contributed by atoms with van der Waals surface area (Å²) in [7, 11) is 0. The van der Waals surface area contributed by atoms with E-state index in [1.807, 2.05) is 24.3 Å². The van der Waals surface area contributed by atoms with Crippen LogP contribution in [0.25, 0.3) is 0 Å². The summed E-state index contributed by atoms with van der Waals surface area (Å²) in [5, 5.41) is 2.82. The third kappa shape index (κ3) is 3.17. The lowest BCUT2D eigenvalue weighted by atomic mass is 10.1. The van der Waals surface area contributed by atoms with Crippen molar-refractivity contribution in [3.8, 4) is 0 Å². The molecule has 1 unspecified atom stereocenters. The molecule has 5 nitrogen and oxygen atoms in total. The number of aromatic nitrogens is 1. The van der Waals surface area contributed by atoms with Crippen molar-refractivity contribution in [2.75, 3.05) is 16.8 Å². The molecule has 112 valence electrons. The lowest BCUT2D eigenvalue weighted by molar-refractivity contribution is -0.122. The van der Waals surface area contributed by atoms with Crippen LogP contribution in [-0.4, -0.2) is 23.3 Å². The van der Waals surface area contributed by atoms with E-state index in [4.69, 9.17) is 0 Å². The monoisotopic (exact) mass is 359 g/mol. The zero-order chi connectivity index (χ0) is 15.5. The standard InChI is InChI=1S/C16H14BrN3O2/c17-12-2-1-3-14(9-12)20-10-11(8-15(20)21)16(22)19-13-4-6-18-7-5-13/h1-7,9,11H,8,10H2,(H,18,19,22). The summed E-state index contributed by atoms with van der Waals surface area (Å²) in [6, 6.07) is 11.0. The predicted molar refractivity (Wildman–Crippen MR) is 87.5 cm³/mol. The predicted octanol–water partition coefficient (Wildman–Crippen LogP) is 2.84. The van der Waals surface area contributed by atoms with Crippen LogP contribution in [0.3, 0.4) is 0 Å². The highest BCUT2D eigenvalue weighted by Crippen LogP contribution is 2.27. The number of nitrogens with one attached hydrogen (secondary N) is 1. The first-order valence-electron chi connectivity index (χ1n) is 6.90. The van der Waals surface area contributed by atoms with Crippen LogP contribution in [-0.2, 0) is 9.59 Å². The molecule has 1 aliphatic rings. The number of anilines is 2. The molecule has 1 aromatic heterocycles. The number of benzene rings is 1. The Balaban J connectivity index is 1.70. The van der Waals surface area contributed by atoms with E-state index in [0.29, 0.717) is 12.2 Å². The molecule has 1 saturated heterocycles. The van der Waals surface area contributed by atoms with Crippen LogP contribution in [0.5, 0.6) is 0 Å². The molecule has 1 fully saturated rings. The minimum absolute atomic E-state index is 0.0343. The van der Waals surface area contributed by atoms with Crippen molar-refractivity contribution < 1.29 is 9.59 Å². The van der Waals surface area contributed by atoms with Crippen molar-refractivity contribution in [2.24, 2.45) is 5.92 Å². The van der Waals surface area contributed by atoms with Gasteiger partial charge >= 0.3 is 0 Å². The smallest absolute Gasteiger partial charge is 0.229 e. The Morgan fingerprint density at radius 3 is 2.77 bits per heavy atom. The maximum absolute atomic E-state index is 12.3. The summed E-state index contributed by atoms with van der Waals surface area (Å²) in [5.41, 5.74) is 1.49. The van der Waals surface area contributed by atoms with E-state index in [-0.39, 0.29) is 24.2 Å². The molecule has 0 saturated carbocycles. The van der Waals surface area contributed by atoms with Crippen molar-refractivity contribution in [2.45, 2.75) is 6.42 Å². The fraction of sp³-hybridized carbons (Fsp3) is 0.188. The molecule has 1 N–H and O–H groups in total. The van der Waals surface area contributed by atoms with Gasteiger partial charge in [-0.2, -0.15) is 0 Å². The highest BCUT2D eigenvalue weighted by atomic mass is 79.9. The Hall–Kier alpha value is -2.21. The van der Waals surface area contributed by atoms with Gasteiger partial charge in [-0.05, 0) is 30.3 Å². The number of halogens is 1. The summed E-state index contributed by atoms with van der Waals surface area (Å²) in [5.74, 6) is -0.523. The average molecular weight is 360 g/mol. The zero-order valence-electron chi connectivity index (χ0n) is 11.7. The van der Waals surface area contributed by atoms with Crippen LogP contribution in [0.15, 0.2) is 53.3 Å². The Bertz CT molecular complexity index is 706. The quantitative estimate of drug-likeness (QED) is 0.916. The molecule has 1 aromatic carbocycles. The molecule has 0 bridgehead atoms. The Morgan fingerprint density at radius 1 is 1.27 bits per heavy atom. The summed E-state index contributed by atoms with van der Waals surface area (Å²) in [6.45, 7) is 0.395. The first-order chi connectivity index (χ1) is 10.6. The average Bonchev–Trinajstić information content (AvgIpc) is 2.90. The van der Waals surface area contributed by atoms with E-state index in [1.54, 1.807) is 29.4 Å². The first kappa shape index (κ1) is 14.7. The highest BCUT2D eigenvalue weighted by molar-refractivity contribution is 9.10. The molecular formula is C16H14BrN3O2. The SMILES string of the molecule is O=C(Nc1ccncc1)C1CC(=O)N(c2cccc(Br)c2)C1. The lowest BCUT2D eigenvalue weighted by Gasteiger charge is -2.17. The van der Waals surface area contributed by atoms with Crippen molar-refractivity contribution in [1.82, 2.24) is 4.98 Å². The van der Waals surface area contributed by atoms with E-state index >= 15 is 0 Å². The normalized spacial score (nSPS) is 17.6. The molecule has 6 heteroatoms. The zero-order valence-corrected chi connectivity index (χ0v) is 13.3. The molecule has 2 aromatic rings. The summed E-state index contributed by atoms with van der Waals surface area (Å²) in [6.07, 6.45) is 3.45. The van der Waals surface area contributed by atoms with Gasteiger partial charge in [0.1, 0.15) is 0 Å². The van der Waals surface area contributed by atoms with Gasteiger partial charge in [-0.25, -0.2) is 0 Å². The topological polar surface area (TPSA) is 62.3 Å². The van der Waals surface area contributed by atoms with Gasteiger partial charge in [0.05, 0.1) is 5.92 Å². The molecule has 2 amide bonds. The van der Waals surface area contributed by atoms with E-state index in [0.717, 1.165) is 10.2 Å². The van der Waals surface area contributed by atoms with Gasteiger partial charge in [-0.15, -0.1) is 0 Å². The minimum Gasteiger partial charge on any atom is -0.326 e. The van der Waals surface area contributed by atoms with E-state index in [9.17, 15) is 9.59 Å². The van der Waals surface area contributed by atoms with Gasteiger partial charge in [0.2, 0.25) is 11.8 Å². The number of carbonyl (C=O) groups is 2. The molecule has 3 rings (SSSR count). The minimum atomic E-state index is -0.348. The van der Waals surface area contributed by atoms with Gasteiger partial charge < -0.3 is 10.2 Å². The lowest BCUT2D eigenvalue weighted by Crippen LogP contribution is -2.28. The molecule has 1 atom stereocenters. The second kappa shape index (κ2) is 6.27. The van der Waals surface area contributed by atoms with Gasteiger partial charge in [0.25, 0.3) is 0 Å². The van der Waals surface area contributed by atoms with Crippen molar-refractivity contribution >= 4 is 39.1 Å². The van der Waals surface area contributed by atoms with E-state index < -0.39 is 0 Å². The number of nitrogens with zero attached hydrogens (tertiary/aromatic N) is 2. The second-order valence-corrected chi connectivity index (χ2v) is 6.03. The van der Waals surface area contributed by atoms with E-state index in [1.165, 1.54) is 0 Å². The van der Waals surface area contributed by atoms with E-state index in [2.05, 4.69) is 26.2 Å². The fourth-order valence-electron chi connectivity index (χ4n) is 2.46. The molecule has 0 aliphatic carbocycles. The number of hydrogen-bond acceptors (Lipinski definition) is 3. The Kier molecular flexibility index (Phi) is 4.20. The Morgan fingerprint density at radius 2 is 2.05 bits per heavy atom. The molecular weight excluding hydrogens is 346 g/mol. The van der Waals surface area contributed by atoms with Gasteiger partial charge in [0, 0.05) is 41.2 Å². The maximum Gasteiger partial charge on any atom is 0.229 e. The number of pyridine rings is 1. The van der Waals surface area contributed by atoms with Crippen molar-refractivity contribution in [3.05, 3.63) is 53.3 Å². The summed E-state index contributed by atoms with van der Waals surface area (Å²) in [4.78, 5) is 30.0. The molecule has 1 aliphatic heterocycles. The Labute approximate surface area is 136 Å². The first-order valence-corrected chi connectivity index (χ1v) is 7.69.